The SMILES string of the molecule is COc1ccc(C2=COC3C(CCC4OCN(c5ccccc5F)CC43)C2=O)cc1OC. The Bertz CT molecular complexity index is 1050. The monoisotopic (exact) mass is 439 g/mol. The van der Waals surface area contributed by atoms with Crippen molar-refractivity contribution in [2.45, 2.75) is 25.0 Å². The van der Waals surface area contributed by atoms with Gasteiger partial charge in [0.1, 0.15) is 18.7 Å². The number of anilines is 1. The molecule has 7 heteroatoms. The van der Waals surface area contributed by atoms with Gasteiger partial charge in [0.25, 0.3) is 0 Å². The molecule has 2 aromatic rings. The molecule has 0 amide bonds. The average molecular weight is 439 g/mol. The highest BCUT2D eigenvalue weighted by atomic mass is 19.1. The summed E-state index contributed by atoms with van der Waals surface area (Å²) in [5, 5.41) is 0. The van der Waals surface area contributed by atoms with Crippen LogP contribution in [-0.4, -0.2) is 45.5 Å². The van der Waals surface area contributed by atoms with Gasteiger partial charge in [-0.2, -0.15) is 0 Å². The second-order valence-corrected chi connectivity index (χ2v) is 8.42. The van der Waals surface area contributed by atoms with Crippen molar-refractivity contribution in [1.29, 1.82) is 0 Å². The van der Waals surface area contributed by atoms with Crippen LogP contribution in [0.15, 0.2) is 48.7 Å². The molecule has 5 rings (SSSR count). The summed E-state index contributed by atoms with van der Waals surface area (Å²) in [5.74, 6) is 0.675. The normalized spacial score (nSPS) is 27.0. The van der Waals surface area contributed by atoms with Crippen LogP contribution < -0.4 is 14.4 Å². The molecule has 168 valence electrons. The number of methoxy groups -OCH3 is 2. The molecule has 0 spiro atoms. The molecule has 1 saturated heterocycles. The molecule has 4 atom stereocenters. The molecule has 1 saturated carbocycles. The number of carbonyl (C=O) groups excluding carboxylic acids is 1. The fourth-order valence-electron chi connectivity index (χ4n) is 5.12. The van der Waals surface area contributed by atoms with E-state index < -0.39 is 0 Å². The Morgan fingerprint density at radius 1 is 1.06 bits per heavy atom. The minimum Gasteiger partial charge on any atom is -0.496 e. The molecule has 0 N–H and O–H groups in total. The van der Waals surface area contributed by atoms with Gasteiger partial charge in [0.2, 0.25) is 0 Å². The van der Waals surface area contributed by atoms with Gasteiger partial charge in [0, 0.05) is 12.5 Å². The van der Waals surface area contributed by atoms with Gasteiger partial charge in [-0.1, -0.05) is 18.2 Å². The van der Waals surface area contributed by atoms with Gasteiger partial charge in [-0.3, -0.25) is 4.79 Å². The maximum Gasteiger partial charge on any atom is 0.173 e. The molecular weight excluding hydrogens is 413 g/mol. The van der Waals surface area contributed by atoms with Gasteiger partial charge in [0.05, 0.1) is 43.8 Å². The summed E-state index contributed by atoms with van der Waals surface area (Å²) >= 11 is 0. The number of halogens is 1. The molecule has 3 aliphatic rings. The number of benzene rings is 2. The molecule has 0 radical (unpaired) electrons. The van der Waals surface area contributed by atoms with E-state index in [-0.39, 0.29) is 35.6 Å². The van der Waals surface area contributed by atoms with Crippen LogP contribution in [0.25, 0.3) is 5.57 Å². The summed E-state index contributed by atoms with van der Waals surface area (Å²) in [6.45, 7) is 0.916. The highest BCUT2D eigenvalue weighted by molar-refractivity contribution is 6.22. The molecule has 0 aromatic heterocycles. The lowest BCUT2D eigenvalue weighted by atomic mass is 9.71. The first-order valence-electron chi connectivity index (χ1n) is 10.8. The molecule has 4 unspecified atom stereocenters. The van der Waals surface area contributed by atoms with Crippen LogP contribution in [-0.2, 0) is 14.3 Å². The number of ketones is 1. The molecule has 2 aromatic carbocycles. The lowest BCUT2D eigenvalue weighted by molar-refractivity contribution is -0.140. The van der Waals surface area contributed by atoms with E-state index in [1.54, 1.807) is 44.7 Å². The van der Waals surface area contributed by atoms with E-state index in [1.807, 2.05) is 17.0 Å². The van der Waals surface area contributed by atoms with E-state index in [0.29, 0.717) is 42.5 Å². The number of ether oxygens (including phenoxy) is 4. The van der Waals surface area contributed by atoms with Crippen molar-refractivity contribution < 1.29 is 28.1 Å². The molecule has 0 bridgehead atoms. The van der Waals surface area contributed by atoms with Crippen LogP contribution in [0.2, 0.25) is 0 Å². The number of allylic oxidation sites excluding steroid dienone is 1. The van der Waals surface area contributed by atoms with Gasteiger partial charge < -0.3 is 23.8 Å². The zero-order valence-corrected chi connectivity index (χ0v) is 18.1. The summed E-state index contributed by atoms with van der Waals surface area (Å²) < 4.78 is 37.3. The second kappa shape index (κ2) is 8.47. The topological polar surface area (TPSA) is 57.2 Å². The van der Waals surface area contributed by atoms with E-state index in [1.165, 1.54) is 6.07 Å². The Labute approximate surface area is 186 Å². The van der Waals surface area contributed by atoms with Crippen LogP contribution in [0.4, 0.5) is 10.1 Å². The molecule has 2 fully saturated rings. The van der Waals surface area contributed by atoms with Gasteiger partial charge >= 0.3 is 0 Å². The lowest BCUT2D eigenvalue weighted by Gasteiger charge is -2.48. The van der Waals surface area contributed by atoms with E-state index in [4.69, 9.17) is 18.9 Å². The highest BCUT2D eigenvalue weighted by Gasteiger charge is 2.49. The maximum atomic E-state index is 14.3. The Morgan fingerprint density at radius 2 is 1.88 bits per heavy atom. The van der Waals surface area contributed by atoms with Crippen LogP contribution >= 0.6 is 0 Å². The van der Waals surface area contributed by atoms with Gasteiger partial charge in [0.15, 0.2) is 17.3 Å². The standard InChI is InChI=1S/C25H26FNO5/c1-29-22-9-7-15(11-23(22)30-2)18-13-31-25-16(24(18)28)8-10-21-17(25)12-27(14-32-21)20-6-4-3-5-19(20)26/h3-7,9,11,13,16-17,21,25H,8,10,12,14H2,1-2H3. The van der Waals surface area contributed by atoms with Crippen molar-refractivity contribution in [3.63, 3.8) is 0 Å². The number of fused-ring (bicyclic) bond motifs is 3. The molecule has 32 heavy (non-hydrogen) atoms. The number of hydrogen-bond acceptors (Lipinski definition) is 6. The zero-order valence-electron chi connectivity index (χ0n) is 18.1. The third-order valence-electron chi connectivity index (χ3n) is 6.77. The van der Waals surface area contributed by atoms with Gasteiger partial charge in [-0.15, -0.1) is 0 Å². The van der Waals surface area contributed by atoms with Crippen LogP contribution in [0.3, 0.4) is 0 Å². The summed E-state index contributed by atoms with van der Waals surface area (Å²) in [6, 6.07) is 12.1. The fourth-order valence-corrected chi connectivity index (χ4v) is 5.12. The molecule has 2 heterocycles. The van der Waals surface area contributed by atoms with Gasteiger partial charge in [-0.25, -0.2) is 4.39 Å². The van der Waals surface area contributed by atoms with Crippen molar-refractivity contribution in [3.05, 3.63) is 60.1 Å². The smallest absolute Gasteiger partial charge is 0.173 e. The largest absolute Gasteiger partial charge is 0.496 e. The second-order valence-electron chi connectivity index (χ2n) is 8.42. The van der Waals surface area contributed by atoms with Crippen molar-refractivity contribution >= 4 is 17.0 Å². The molecule has 6 nitrogen and oxygen atoms in total. The minimum atomic E-state index is -0.292. The zero-order chi connectivity index (χ0) is 22.2. The first-order valence-corrected chi connectivity index (χ1v) is 10.8. The summed E-state index contributed by atoms with van der Waals surface area (Å²) in [4.78, 5) is 15.3. The number of carbonyl (C=O) groups is 1. The molecule has 2 aliphatic heterocycles. The van der Waals surface area contributed by atoms with Crippen molar-refractivity contribution in [2.75, 3.05) is 32.4 Å². The predicted molar refractivity (Wildman–Crippen MR) is 117 cm³/mol. The Morgan fingerprint density at radius 3 is 2.66 bits per heavy atom. The Hall–Kier alpha value is -3.06. The summed E-state index contributed by atoms with van der Waals surface area (Å²) in [5.41, 5.74) is 1.78. The van der Waals surface area contributed by atoms with Gasteiger partial charge in [-0.05, 0) is 42.7 Å². The first kappa shape index (κ1) is 20.8. The van der Waals surface area contributed by atoms with Crippen molar-refractivity contribution in [3.8, 4) is 11.5 Å². The van der Waals surface area contributed by atoms with E-state index in [0.717, 1.165) is 12.0 Å². The number of para-hydroxylation sites is 1. The Balaban J connectivity index is 1.40. The summed E-state index contributed by atoms with van der Waals surface area (Å²) in [7, 11) is 3.14. The van der Waals surface area contributed by atoms with Crippen LogP contribution in [0.1, 0.15) is 18.4 Å². The van der Waals surface area contributed by atoms with Crippen LogP contribution in [0, 0.1) is 17.7 Å². The Kier molecular flexibility index (Phi) is 5.51. The van der Waals surface area contributed by atoms with E-state index in [2.05, 4.69) is 0 Å². The molecular formula is C25H26FNO5. The maximum absolute atomic E-state index is 14.3. The number of nitrogens with zero attached hydrogens (tertiary/aromatic N) is 1. The minimum absolute atomic E-state index is 0.00287. The summed E-state index contributed by atoms with van der Waals surface area (Å²) in [6.07, 6.45) is 2.76. The number of Topliss-reactive ketones (excluding diaryl/α,β-unsaturated/α-hetero) is 1. The lowest BCUT2D eigenvalue weighted by Crippen LogP contribution is -2.56. The third kappa shape index (κ3) is 3.50. The number of rotatable bonds is 4. The highest BCUT2D eigenvalue weighted by Crippen LogP contribution is 2.43. The van der Waals surface area contributed by atoms with Crippen LogP contribution in [0.5, 0.6) is 11.5 Å². The van der Waals surface area contributed by atoms with E-state index in [9.17, 15) is 9.18 Å². The van der Waals surface area contributed by atoms with E-state index >= 15 is 0 Å². The fraction of sp³-hybridized carbons (Fsp3) is 0.400. The quantitative estimate of drug-likeness (QED) is 0.717. The first-order chi connectivity index (χ1) is 15.6. The number of hydrogen-bond donors (Lipinski definition) is 0. The third-order valence-corrected chi connectivity index (χ3v) is 6.77. The van der Waals surface area contributed by atoms with Crippen molar-refractivity contribution in [2.24, 2.45) is 11.8 Å². The predicted octanol–water partition coefficient (Wildman–Crippen LogP) is 4.04. The average Bonchev–Trinajstić information content (AvgIpc) is 2.83. The van der Waals surface area contributed by atoms with Crippen molar-refractivity contribution in [1.82, 2.24) is 0 Å². The molecule has 1 aliphatic carbocycles.